The number of esters is 1. The Labute approximate surface area is 120 Å². The first-order valence-corrected chi connectivity index (χ1v) is 6.44. The first-order valence-electron chi connectivity index (χ1n) is 6.44. The maximum Gasteiger partial charge on any atom is 0.311 e. The van der Waals surface area contributed by atoms with Crippen LogP contribution in [0.1, 0.15) is 6.42 Å². The van der Waals surface area contributed by atoms with Crippen molar-refractivity contribution in [3.05, 3.63) is 30.7 Å². The average molecular weight is 287 g/mol. The smallest absolute Gasteiger partial charge is 0.311 e. The van der Waals surface area contributed by atoms with Gasteiger partial charge in [-0.25, -0.2) is 0 Å². The Morgan fingerprint density at radius 1 is 1.38 bits per heavy atom. The summed E-state index contributed by atoms with van der Waals surface area (Å²) in [7, 11) is 1.33. The molecule has 1 aliphatic rings. The summed E-state index contributed by atoms with van der Waals surface area (Å²) < 4.78 is 9.79. The van der Waals surface area contributed by atoms with Gasteiger partial charge in [-0.1, -0.05) is 0 Å². The molecule has 1 saturated heterocycles. The quantitative estimate of drug-likeness (QED) is 0.790. The number of hydrogen-bond acceptors (Lipinski definition) is 6. The molecule has 1 atom stereocenters. The Balaban J connectivity index is 1.78. The van der Waals surface area contributed by atoms with Crippen molar-refractivity contribution in [3.63, 3.8) is 0 Å². The molecule has 1 fully saturated rings. The number of carbonyl (C=O) groups excluding carboxylic acids is 2. The van der Waals surface area contributed by atoms with E-state index in [4.69, 9.17) is 4.42 Å². The number of nitrogens with zero attached hydrogens (tertiary/aromatic N) is 3. The highest BCUT2D eigenvalue weighted by atomic mass is 16.5. The monoisotopic (exact) mass is 287 g/mol. The normalized spacial score (nSPS) is 18.0. The summed E-state index contributed by atoms with van der Waals surface area (Å²) in [5, 5.41) is 7.43. The largest absolute Gasteiger partial charge is 0.469 e. The molecule has 3 rings (SSSR count). The fraction of sp³-hybridized carbons (Fsp3) is 0.286. The molecule has 0 saturated carbocycles. The maximum absolute atomic E-state index is 12.0. The third kappa shape index (κ3) is 2.49. The van der Waals surface area contributed by atoms with E-state index in [1.54, 1.807) is 29.2 Å². The molecule has 0 aliphatic carbocycles. The molecule has 7 heteroatoms. The van der Waals surface area contributed by atoms with Crippen molar-refractivity contribution < 1.29 is 18.7 Å². The van der Waals surface area contributed by atoms with Gasteiger partial charge in [0.15, 0.2) is 0 Å². The van der Waals surface area contributed by atoms with Crippen LogP contribution in [0.3, 0.4) is 0 Å². The van der Waals surface area contributed by atoms with E-state index in [9.17, 15) is 9.59 Å². The molecule has 2 aromatic rings. The van der Waals surface area contributed by atoms with E-state index in [1.807, 2.05) is 0 Å². The number of amides is 1. The summed E-state index contributed by atoms with van der Waals surface area (Å²) in [5.41, 5.74) is 1.50. The number of carbonyl (C=O) groups is 2. The second-order valence-corrected chi connectivity index (χ2v) is 4.72. The lowest BCUT2D eigenvalue weighted by Crippen LogP contribution is -2.26. The lowest BCUT2D eigenvalue weighted by atomic mass is 10.1. The van der Waals surface area contributed by atoms with Gasteiger partial charge in [0.2, 0.25) is 18.2 Å². The maximum atomic E-state index is 12.0. The minimum atomic E-state index is -0.405. The van der Waals surface area contributed by atoms with Crippen molar-refractivity contribution in [2.45, 2.75) is 6.42 Å². The van der Waals surface area contributed by atoms with E-state index >= 15 is 0 Å². The lowest BCUT2D eigenvalue weighted by Gasteiger charge is -2.16. The van der Waals surface area contributed by atoms with E-state index in [0.717, 1.165) is 11.3 Å². The number of hydrogen-bond donors (Lipinski definition) is 0. The SMILES string of the molecule is COC(=O)C1CC(=O)N(c2ccc(-c3nnco3)cc2)C1. The molecule has 2 heterocycles. The molecular weight excluding hydrogens is 274 g/mol. The molecule has 1 unspecified atom stereocenters. The van der Waals surface area contributed by atoms with Gasteiger partial charge in [0, 0.05) is 24.2 Å². The number of methoxy groups -OCH3 is 1. The number of anilines is 1. The van der Waals surface area contributed by atoms with Gasteiger partial charge in [0.05, 0.1) is 13.0 Å². The van der Waals surface area contributed by atoms with E-state index < -0.39 is 5.92 Å². The third-order valence-electron chi connectivity index (χ3n) is 3.45. The van der Waals surface area contributed by atoms with E-state index in [2.05, 4.69) is 14.9 Å². The zero-order valence-electron chi connectivity index (χ0n) is 11.4. The summed E-state index contributed by atoms with van der Waals surface area (Å²) in [6, 6.07) is 7.16. The lowest BCUT2D eigenvalue weighted by molar-refractivity contribution is -0.145. The molecule has 108 valence electrons. The predicted molar refractivity (Wildman–Crippen MR) is 72.2 cm³/mol. The molecule has 1 amide bonds. The van der Waals surface area contributed by atoms with E-state index in [1.165, 1.54) is 13.5 Å². The molecule has 7 nitrogen and oxygen atoms in total. The molecule has 0 spiro atoms. The second-order valence-electron chi connectivity index (χ2n) is 4.72. The van der Waals surface area contributed by atoms with Crippen molar-refractivity contribution in [2.24, 2.45) is 5.92 Å². The van der Waals surface area contributed by atoms with Gasteiger partial charge in [-0.2, -0.15) is 0 Å². The minimum absolute atomic E-state index is 0.0871. The Kier molecular flexibility index (Phi) is 3.39. The van der Waals surface area contributed by atoms with Crippen LogP contribution in [0, 0.1) is 5.92 Å². The van der Waals surface area contributed by atoms with Gasteiger partial charge in [-0.3, -0.25) is 9.59 Å². The number of ether oxygens (including phenoxy) is 1. The summed E-state index contributed by atoms with van der Waals surface area (Å²) >= 11 is 0. The van der Waals surface area contributed by atoms with Crippen LogP contribution < -0.4 is 4.90 Å². The number of rotatable bonds is 3. The molecule has 1 aromatic carbocycles. The Bertz CT molecular complexity index is 651. The second kappa shape index (κ2) is 5.35. The van der Waals surface area contributed by atoms with Crippen LogP contribution in [0.15, 0.2) is 35.1 Å². The van der Waals surface area contributed by atoms with Crippen molar-refractivity contribution >= 4 is 17.6 Å². The van der Waals surface area contributed by atoms with Gasteiger partial charge >= 0.3 is 5.97 Å². The average Bonchev–Trinajstić information content (AvgIpc) is 3.16. The van der Waals surface area contributed by atoms with Crippen molar-refractivity contribution in [3.8, 4) is 11.5 Å². The van der Waals surface area contributed by atoms with Gasteiger partial charge < -0.3 is 14.1 Å². The zero-order chi connectivity index (χ0) is 14.8. The molecule has 1 aliphatic heterocycles. The minimum Gasteiger partial charge on any atom is -0.469 e. The van der Waals surface area contributed by atoms with Crippen LogP contribution in [0.5, 0.6) is 0 Å². The van der Waals surface area contributed by atoms with Crippen molar-refractivity contribution in [1.29, 1.82) is 0 Å². The molecular formula is C14H13N3O4. The highest BCUT2D eigenvalue weighted by Crippen LogP contribution is 2.27. The summed E-state index contributed by atoms with van der Waals surface area (Å²) in [4.78, 5) is 25.1. The van der Waals surface area contributed by atoms with Crippen LogP contribution in [0.4, 0.5) is 5.69 Å². The predicted octanol–water partition coefficient (Wildman–Crippen LogP) is 1.26. The molecule has 0 N–H and O–H groups in total. The summed E-state index contributed by atoms with van der Waals surface area (Å²) in [6.07, 6.45) is 1.44. The van der Waals surface area contributed by atoms with Crippen LogP contribution in [0.2, 0.25) is 0 Å². The fourth-order valence-electron chi connectivity index (χ4n) is 2.36. The molecule has 1 aromatic heterocycles. The van der Waals surface area contributed by atoms with Crippen LogP contribution in [-0.2, 0) is 14.3 Å². The van der Waals surface area contributed by atoms with Crippen molar-refractivity contribution in [1.82, 2.24) is 10.2 Å². The van der Waals surface area contributed by atoms with Crippen LogP contribution >= 0.6 is 0 Å². The molecule has 0 radical (unpaired) electrons. The van der Waals surface area contributed by atoms with Crippen LogP contribution in [-0.4, -0.2) is 35.7 Å². The Hall–Kier alpha value is -2.70. The standard InChI is InChI=1S/C14H13N3O4/c1-20-14(19)10-6-12(18)17(7-10)11-4-2-9(3-5-11)13-16-15-8-21-13/h2-5,8,10H,6-7H2,1H3. The summed E-state index contributed by atoms with van der Waals surface area (Å²) in [5.74, 6) is -0.427. The van der Waals surface area contributed by atoms with Gasteiger partial charge in [-0.15, -0.1) is 10.2 Å². The van der Waals surface area contributed by atoms with Gasteiger partial charge in [-0.05, 0) is 24.3 Å². The molecule has 0 bridgehead atoms. The number of benzene rings is 1. The third-order valence-corrected chi connectivity index (χ3v) is 3.45. The van der Waals surface area contributed by atoms with Gasteiger partial charge in [0.25, 0.3) is 0 Å². The topological polar surface area (TPSA) is 85.5 Å². The highest BCUT2D eigenvalue weighted by Gasteiger charge is 2.35. The Morgan fingerprint density at radius 3 is 2.76 bits per heavy atom. The fourth-order valence-corrected chi connectivity index (χ4v) is 2.36. The number of aromatic nitrogens is 2. The highest BCUT2D eigenvalue weighted by molar-refractivity contribution is 5.99. The summed E-state index contributed by atoms with van der Waals surface area (Å²) in [6.45, 7) is 0.339. The van der Waals surface area contributed by atoms with E-state index in [-0.39, 0.29) is 18.3 Å². The first kappa shape index (κ1) is 13.3. The first-order chi connectivity index (χ1) is 10.2. The van der Waals surface area contributed by atoms with E-state index in [0.29, 0.717) is 12.4 Å². The van der Waals surface area contributed by atoms with Gasteiger partial charge in [0.1, 0.15) is 0 Å². The zero-order valence-corrected chi connectivity index (χ0v) is 11.4. The molecule has 21 heavy (non-hydrogen) atoms. The van der Waals surface area contributed by atoms with Crippen molar-refractivity contribution in [2.75, 3.05) is 18.6 Å². The van der Waals surface area contributed by atoms with Crippen LogP contribution in [0.25, 0.3) is 11.5 Å². The Morgan fingerprint density at radius 2 is 2.14 bits per heavy atom.